The minimum atomic E-state index is -0.112. The Kier molecular flexibility index (Phi) is 3.62. The van der Waals surface area contributed by atoms with Crippen LogP contribution in [0.5, 0.6) is 0 Å². The summed E-state index contributed by atoms with van der Waals surface area (Å²) >= 11 is 0. The normalized spacial score (nSPS) is 25.3. The lowest BCUT2D eigenvalue weighted by atomic mass is 9.85. The van der Waals surface area contributed by atoms with E-state index in [0.717, 1.165) is 25.7 Å². The van der Waals surface area contributed by atoms with Crippen molar-refractivity contribution < 1.29 is 14.3 Å². The fraction of sp³-hybridized carbons (Fsp3) is 0.583. The number of amides is 1. The minimum absolute atomic E-state index is 0.0983. The Morgan fingerprint density at radius 3 is 3.00 bits per heavy atom. The van der Waals surface area contributed by atoms with E-state index in [2.05, 4.69) is 5.32 Å². The van der Waals surface area contributed by atoms with Crippen LogP contribution in [0.1, 0.15) is 36.0 Å². The molecule has 16 heavy (non-hydrogen) atoms. The maximum atomic E-state index is 11.8. The predicted octanol–water partition coefficient (Wildman–Crippen LogP) is 1.56. The van der Waals surface area contributed by atoms with E-state index in [1.807, 2.05) is 0 Å². The molecule has 1 aliphatic carbocycles. The van der Waals surface area contributed by atoms with Crippen LogP contribution in [0.4, 0.5) is 0 Å². The standard InChI is InChI=1S/C12H17NO3/c14-7-9-3-1-2-4-11(9)13-12(15)10-5-6-16-8-10/h5-6,8-9,11,14H,1-4,7H2,(H,13,15). The molecule has 2 atom stereocenters. The third kappa shape index (κ3) is 2.44. The summed E-state index contributed by atoms with van der Waals surface area (Å²) < 4.78 is 4.87. The van der Waals surface area contributed by atoms with Gasteiger partial charge in [-0.15, -0.1) is 0 Å². The number of nitrogens with one attached hydrogen (secondary N) is 1. The van der Waals surface area contributed by atoms with Gasteiger partial charge in [-0.2, -0.15) is 0 Å². The zero-order valence-corrected chi connectivity index (χ0v) is 9.19. The topological polar surface area (TPSA) is 62.5 Å². The monoisotopic (exact) mass is 223 g/mol. The van der Waals surface area contributed by atoms with Gasteiger partial charge in [-0.3, -0.25) is 4.79 Å². The van der Waals surface area contributed by atoms with Crippen molar-refractivity contribution in [3.63, 3.8) is 0 Å². The third-order valence-corrected chi connectivity index (χ3v) is 3.24. The minimum Gasteiger partial charge on any atom is -0.472 e. The average Bonchev–Trinajstić information content (AvgIpc) is 2.83. The molecule has 1 aromatic rings. The highest BCUT2D eigenvalue weighted by atomic mass is 16.3. The van der Waals surface area contributed by atoms with Crippen molar-refractivity contribution >= 4 is 5.91 Å². The van der Waals surface area contributed by atoms with E-state index >= 15 is 0 Å². The Labute approximate surface area is 94.6 Å². The fourth-order valence-electron chi connectivity index (χ4n) is 2.26. The van der Waals surface area contributed by atoms with Crippen LogP contribution in [0.25, 0.3) is 0 Å². The molecule has 88 valence electrons. The molecule has 2 rings (SSSR count). The van der Waals surface area contributed by atoms with Gasteiger partial charge in [-0.1, -0.05) is 12.8 Å². The molecular formula is C12H17NO3. The number of carbonyl (C=O) groups excluding carboxylic acids is 1. The highest BCUT2D eigenvalue weighted by molar-refractivity contribution is 5.93. The summed E-state index contributed by atoms with van der Waals surface area (Å²) in [6.07, 6.45) is 7.13. The lowest BCUT2D eigenvalue weighted by Crippen LogP contribution is -2.43. The summed E-state index contributed by atoms with van der Waals surface area (Å²) in [5.41, 5.74) is 0.544. The first-order chi connectivity index (χ1) is 7.81. The van der Waals surface area contributed by atoms with Crippen LogP contribution < -0.4 is 5.32 Å². The van der Waals surface area contributed by atoms with Crippen molar-refractivity contribution in [3.05, 3.63) is 24.2 Å². The molecule has 4 nitrogen and oxygen atoms in total. The summed E-state index contributed by atoms with van der Waals surface area (Å²) in [7, 11) is 0. The highest BCUT2D eigenvalue weighted by Gasteiger charge is 2.26. The molecule has 0 bridgehead atoms. The van der Waals surface area contributed by atoms with Gasteiger partial charge in [0.1, 0.15) is 6.26 Å². The molecule has 1 amide bonds. The van der Waals surface area contributed by atoms with E-state index in [9.17, 15) is 9.90 Å². The number of hydrogen-bond donors (Lipinski definition) is 2. The van der Waals surface area contributed by atoms with E-state index in [0.29, 0.717) is 5.56 Å². The first-order valence-corrected chi connectivity index (χ1v) is 5.75. The van der Waals surface area contributed by atoms with Gasteiger partial charge in [-0.25, -0.2) is 0 Å². The molecular weight excluding hydrogens is 206 g/mol. The molecule has 0 saturated heterocycles. The van der Waals surface area contributed by atoms with E-state index in [1.54, 1.807) is 6.07 Å². The second kappa shape index (κ2) is 5.16. The summed E-state index contributed by atoms with van der Waals surface area (Å²) in [5.74, 6) is 0.0868. The van der Waals surface area contributed by atoms with Gasteiger partial charge in [0.25, 0.3) is 5.91 Å². The molecule has 1 aliphatic rings. The van der Waals surface area contributed by atoms with Crippen LogP contribution in [-0.2, 0) is 0 Å². The zero-order chi connectivity index (χ0) is 11.4. The van der Waals surface area contributed by atoms with Crippen LogP contribution in [0.2, 0.25) is 0 Å². The van der Waals surface area contributed by atoms with Crippen molar-refractivity contribution in [2.24, 2.45) is 5.92 Å². The van der Waals surface area contributed by atoms with E-state index < -0.39 is 0 Å². The molecule has 1 saturated carbocycles. The molecule has 1 heterocycles. The second-order valence-corrected chi connectivity index (χ2v) is 4.32. The molecule has 0 radical (unpaired) electrons. The number of carbonyl (C=O) groups is 1. The molecule has 2 unspecified atom stereocenters. The summed E-state index contributed by atoms with van der Waals surface area (Å²) in [6, 6.07) is 1.74. The predicted molar refractivity (Wildman–Crippen MR) is 59.0 cm³/mol. The number of aliphatic hydroxyl groups is 1. The number of furan rings is 1. The molecule has 1 fully saturated rings. The molecule has 4 heteroatoms. The van der Waals surface area contributed by atoms with E-state index in [-0.39, 0.29) is 24.5 Å². The van der Waals surface area contributed by atoms with Gasteiger partial charge < -0.3 is 14.8 Å². The molecule has 1 aromatic heterocycles. The number of rotatable bonds is 3. The first kappa shape index (κ1) is 11.2. The second-order valence-electron chi connectivity index (χ2n) is 4.32. The van der Waals surface area contributed by atoms with Gasteiger partial charge in [-0.05, 0) is 18.9 Å². The molecule has 0 aliphatic heterocycles. The lowest BCUT2D eigenvalue weighted by molar-refractivity contribution is 0.0872. The van der Waals surface area contributed by atoms with Gasteiger partial charge >= 0.3 is 0 Å². The molecule has 0 aromatic carbocycles. The number of hydrogen-bond acceptors (Lipinski definition) is 3. The van der Waals surface area contributed by atoms with Crippen LogP contribution >= 0.6 is 0 Å². The Morgan fingerprint density at radius 1 is 1.50 bits per heavy atom. The summed E-state index contributed by atoms with van der Waals surface area (Å²) in [5, 5.41) is 12.2. The average molecular weight is 223 g/mol. The highest BCUT2D eigenvalue weighted by Crippen LogP contribution is 2.24. The first-order valence-electron chi connectivity index (χ1n) is 5.75. The third-order valence-electron chi connectivity index (χ3n) is 3.24. The largest absolute Gasteiger partial charge is 0.472 e. The fourth-order valence-corrected chi connectivity index (χ4v) is 2.26. The van der Waals surface area contributed by atoms with Crippen LogP contribution in [0.3, 0.4) is 0 Å². The van der Waals surface area contributed by atoms with E-state index in [4.69, 9.17) is 4.42 Å². The van der Waals surface area contributed by atoms with Gasteiger partial charge in [0, 0.05) is 18.6 Å². The van der Waals surface area contributed by atoms with Crippen molar-refractivity contribution in [1.29, 1.82) is 0 Å². The molecule has 0 spiro atoms. The van der Waals surface area contributed by atoms with Crippen LogP contribution in [0, 0.1) is 5.92 Å². The lowest BCUT2D eigenvalue weighted by Gasteiger charge is -2.30. The summed E-state index contributed by atoms with van der Waals surface area (Å²) in [4.78, 5) is 11.8. The Balaban J connectivity index is 1.95. The van der Waals surface area contributed by atoms with Gasteiger partial charge in [0.2, 0.25) is 0 Å². The maximum Gasteiger partial charge on any atom is 0.254 e. The van der Waals surface area contributed by atoms with Crippen molar-refractivity contribution in [2.75, 3.05) is 6.61 Å². The quantitative estimate of drug-likeness (QED) is 0.817. The van der Waals surface area contributed by atoms with Crippen molar-refractivity contribution in [3.8, 4) is 0 Å². The Hall–Kier alpha value is -1.29. The SMILES string of the molecule is O=C(NC1CCCCC1CO)c1ccoc1. The molecule has 2 N–H and O–H groups in total. The van der Waals surface area contributed by atoms with E-state index in [1.165, 1.54) is 12.5 Å². The Morgan fingerprint density at radius 2 is 2.31 bits per heavy atom. The Bertz CT molecular complexity index is 334. The summed E-state index contributed by atoms with van der Waals surface area (Å²) in [6.45, 7) is 0.149. The zero-order valence-electron chi connectivity index (χ0n) is 9.19. The smallest absolute Gasteiger partial charge is 0.254 e. The van der Waals surface area contributed by atoms with Crippen LogP contribution in [-0.4, -0.2) is 23.7 Å². The number of aliphatic hydroxyl groups excluding tert-OH is 1. The van der Waals surface area contributed by atoms with Crippen molar-refractivity contribution in [2.45, 2.75) is 31.7 Å². The van der Waals surface area contributed by atoms with Crippen molar-refractivity contribution in [1.82, 2.24) is 5.32 Å². The maximum absolute atomic E-state index is 11.8. The van der Waals surface area contributed by atoms with Gasteiger partial charge in [0.15, 0.2) is 0 Å². The van der Waals surface area contributed by atoms with Gasteiger partial charge in [0.05, 0.1) is 11.8 Å². The van der Waals surface area contributed by atoms with Crippen LogP contribution in [0.15, 0.2) is 23.0 Å².